The van der Waals surface area contributed by atoms with E-state index in [0.29, 0.717) is 17.9 Å². The minimum atomic E-state index is 0.0532. The number of rotatable bonds is 3. The Morgan fingerprint density at radius 2 is 2.06 bits per heavy atom. The van der Waals surface area contributed by atoms with Gasteiger partial charge in [-0.1, -0.05) is 19.1 Å². The quantitative estimate of drug-likeness (QED) is 0.683. The number of nitrogen functional groups attached to an aromatic ring is 1. The second-order valence-corrected chi connectivity index (χ2v) is 5.24. The van der Waals surface area contributed by atoms with Gasteiger partial charge in [0.15, 0.2) is 6.54 Å². The molecule has 4 heteroatoms. The van der Waals surface area contributed by atoms with Crippen LogP contribution in [-0.2, 0) is 4.79 Å². The molecule has 2 rings (SSSR count). The van der Waals surface area contributed by atoms with Crippen molar-refractivity contribution < 1.29 is 9.69 Å². The third kappa shape index (κ3) is 3.47. The van der Waals surface area contributed by atoms with Crippen LogP contribution in [0.5, 0.6) is 0 Å². The molecule has 98 valence electrons. The minimum Gasteiger partial charge on any atom is -0.397 e. The molecule has 1 aliphatic rings. The number of amides is 1. The first-order valence-electron chi connectivity index (χ1n) is 6.63. The molecule has 0 atom stereocenters. The molecule has 4 nitrogen and oxygen atoms in total. The van der Waals surface area contributed by atoms with Crippen LogP contribution in [0.4, 0.5) is 11.4 Å². The third-order valence-electron chi connectivity index (χ3n) is 3.63. The van der Waals surface area contributed by atoms with Crippen LogP contribution in [0, 0.1) is 5.92 Å². The predicted molar refractivity (Wildman–Crippen MR) is 73.4 cm³/mol. The zero-order valence-electron chi connectivity index (χ0n) is 10.9. The number of nitrogens with two attached hydrogens (primary N) is 1. The lowest BCUT2D eigenvalue weighted by molar-refractivity contribution is -0.897. The highest BCUT2D eigenvalue weighted by atomic mass is 16.2. The van der Waals surface area contributed by atoms with Gasteiger partial charge in [0.1, 0.15) is 0 Å². The molecule has 18 heavy (non-hydrogen) atoms. The molecule has 0 radical (unpaired) electrons. The SMILES string of the molecule is CC1CC[NH+](CC(=O)Nc2ccccc2N)CC1. The number of carbonyl (C=O) groups is 1. The smallest absolute Gasteiger partial charge is 0.279 e. The van der Waals surface area contributed by atoms with Gasteiger partial charge < -0.3 is 16.0 Å². The average Bonchev–Trinajstić information content (AvgIpc) is 2.35. The zero-order valence-corrected chi connectivity index (χ0v) is 10.9. The maximum absolute atomic E-state index is 11.9. The predicted octanol–water partition coefficient (Wildman–Crippen LogP) is 0.522. The fourth-order valence-electron chi connectivity index (χ4n) is 2.38. The Labute approximate surface area is 108 Å². The molecular formula is C14H22N3O+. The molecule has 1 aliphatic heterocycles. The standard InChI is InChI=1S/C14H21N3O/c1-11-6-8-17(9-7-11)10-14(18)16-13-5-3-2-4-12(13)15/h2-5,11H,6-10,15H2,1H3,(H,16,18)/p+1. The summed E-state index contributed by atoms with van der Waals surface area (Å²) in [5, 5.41) is 2.88. The molecule has 0 unspecified atom stereocenters. The van der Waals surface area contributed by atoms with E-state index in [-0.39, 0.29) is 5.91 Å². The minimum absolute atomic E-state index is 0.0532. The lowest BCUT2D eigenvalue weighted by Gasteiger charge is -2.26. The van der Waals surface area contributed by atoms with Crippen molar-refractivity contribution in [2.24, 2.45) is 5.92 Å². The summed E-state index contributed by atoms with van der Waals surface area (Å²) in [7, 11) is 0. The Morgan fingerprint density at radius 3 is 2.72 bits per heavy atom. The summed E-state index contributed by atoms with van der Waals surface area (Å²) in [6.07, 6.45) is 2.44. The number of carbonyl (C=O) groups excluding carboxylic acids is 1. The van der Waals surface area contributed by atoms with E-state index < -0.39 is 0 Å². The number of hydrogen-bond acceptors (Lipinski definition) is 2. The van der Waals surface area contributed by atoms with Crippen molar-refractivity contribution in [1.29, 1.82) is 0 Å². The maximum atomic E-state index is 11.9. The van der Waals surface area contributed by atoms with Gasteiger partial charge >= 0.3 is 0 Å². The van der Waals surface area contributed by atoms with Gasteiger partial charge in [0, 0.05) is 0 Å². The molecule has 0 spiro atoms. The second-order valence-electron chi connectivity index (χ2n) is 5.24. The molecule has 0 bridgehead atoms. The molecule has 1 amide bonds. The number of para-hydroxylation sites is 2. The van der Waals surface area contributed by atoms with Gasteiger partial charge in [-0.15, -0.1) is 0 Å². The van der Waals surface area contributed by atoms with Crippen LogP contribution in [0.15, 0.2) is 24.3 Å². The van der Waals surface area contributed by atoms with E-state index in [1.807, 2.05) is 18.2 Å². The Morgan fingerprint density at radius 1 is 1.39 bits per heavy atom. The van der Waals surface area contributed by atoms with Crippen molar-refractivity contribution in [3.8, 4) is 0 Å². The van der Waals surface area contributed by atoms with Gasteiger partial charge in [0.25, 0.3) is 5.91 Å². The topological polar surface area (TPSA) is 59.6 Å². The number of piperidine rings is 1. The molecular weight excluding hydrogens is 226 g/mol. The lowest BCUT2D eigenvalue weighted by Crippen LogP contribution is -3.14. The van der Waals surface area contributed by atoms with Gasteiger partial charge in [-0.05, 0) is 30.9 Å². The summed E-state index contributed by atoms with van der Waals surface area (Å²) in [5.41, 5.74) is 7.13. The lowest BCUT2D eigenvalue weighted by atomic mass is 9.99. The highest BCUT2D eigenvalue weighted by molar-refractivity contribution is 5.94. The van der Waals surface area contributed by atoms with E-state index in [9.17, 15) is 4.79 Å². The molecule has 1 aromatic rings. The van der Waals surface area contributed by atoms with Crippen molar-refractivity contribution in [2.45, 2.75) is 19.8 Å². The Kier molecular flexibility index (Phi) is 4.20. The average molecular weight is 248 g/mol. The summed E-state index contributed by atoms with van der Waals surface area (Å²) < 4.78 is 0. The maximum Gasteiger partial charge on any atom is 0.279 e. The number of anilines is 2. The second kappa shape index (κ2) is 5.87. The normalized spacial score (nSPS) is 23.6. The Hall–Kier alpha value is -1.55. The first-order valence-corrected chi connectivity index (χ1v) is 6.63. The van der Waals surface area contributed by atoms with Crippen molar-refractivity contribution in [1.82, 2.24) is 0 Å². The fourth-order valence-corrected chi connectivity index (χ4v) is 2.38. The van der Waals surface area contributed by atoms with Crippen LogP contribution in [0.3, 0.4) is 0 Å². The van der Waals surface area contributed by atoms with Gasteiger partial charge in [0.2, 0.25) is 0 Å². The molecule has 4 N–H and O–H groups in total. The summed E-state index contributed by atoms with van der Waals surface area (Å²) in [5.74, 6) is 0.860. The van der Waals surface area contributed by atoms with Gasteiger partial charge in [-0.25, -0.2) is 0 Å². The molecule has 0 saturated carbocycles. The summed E-state index contributed by atoms with van der Waals surface area (Å²) in [6.45, 7) is 5.01. The van der Waals surface area contributed by atoms with Crippen LogP contribution in [-0.4, -0.2) is 25.5 Å². The number of benzene rings is 1. The number of quaternary nitrogens is 1. The third-order valence-corrected chi connectivity index (χ3v) is 3.63. The summed E-state index contributed by atoms with van der Waals surface area (Å²) in [4.78, 5) is 13.3. The molecule has 1 heterocycles. The Bertz CT molecular complexity index is 411. The van der Waals surface area contributed by atoms with E-state index >= 15 is 0 Å². The zero-order chi connectivity index (χ0) is 13.0. The molecule has 1 aromatic carbocycles. The van der Waals surface area contributed by atoms with Crippen LogP contribution in [0.1, 0.15) is 19.8 Å². The van der Waals surface area contributed by atoms with Crippen LogP contribution < -0.4 is 16.0 Å². The van der Waals surface area contributed by atoms with E-state index in [2.05, 4.69) is 12.2 Å². The largest absolute Gasteiger partial charge is 0.397 e. The molecule has 1 fully saturated rings. The highest BCUT2D eigenvalue weighted by Gasteiger charge is 2.21. The van der Waals surface area contributed by atoms with Crippen LogP contribution in [0.2, 0.25) is 0 Å². The first kappa shape index (κ1) is 12.9. The van der Waals surface area contributed by atoms with E-state index in [4.69, 9.17) is 5.73 Å². The van der Waals surface area contributed by atoms with Gasteiger partial charge in [-0.3, -0.25) is 4.79 Å². The number of likely N-dealkylation sites (tertiary alicyclic amines) is 1. The summed E-state index contributed by atoms with van der Waals surface area (Å²) in [6, 6.07) is 7.37. The van der Waals surface area contributed by atoms with Crippen molar-refractivity contribution in [2.75, 3.05) is 30.7 Å². The molecule has 1 saturated heterocycles. The monoisotopic (exact) mass is 248 g/mol. The van der Waals surface area contributed by atoms with Crippen LogP contribution in [0.25, 0.3) is 0 Å². The fraction of sp³-hybridized carbons (Fsp3) is 0.500. The summed E-state index contributed by atoms with van der Waals surface area (Å²) >= 11 is 0. The van der Waals surface area contributed by atoms with Gasteiger partial charge in [-0.2, -0.15) is 0 Å². The van der Waals surface area contributed by atoms with Crippen molar-refractivity contribution in [3.05, 3.63) is 24.3 Å². The Balaban J connectivity index is 1.84. The first-order chi connectivity index (χ1) is 8.65. The van der Waals surface area contributed by atoms with Crippen molar-refractivity contribution in [3.63, 3.8) is 0 Å². The van der Waals surface area contributed by atoms with E-state index in [1.54, 1.807) is 6.07 Å². The number of nitrogens with one attached hydrogen (secondary N) is 2. The van der Waals surface area contributed by atoms with Crippen LogP contribution >= 0.6 is 0 Å². The molecule has 0 aromatic heterocycles. The van der Waals surface area contributed by atoms with Gasteiger partial charge in [0.05, 0.1) is 24.5 Å². The van der Waals surface area contributed by atoms with Crippen molar-refractivity contribution >= 4 is 17.3 Å². The van der Waals surface area contributed by atoms with E-state index in [1.165, 1.54) is 17.7 Å². The highest BCUT2D eigenvalue weighted by Crippen LogP contribution is 2.16. The molecule has 0 aliphatic carbocycles. The number of hydrogen-bond donors (Lipinski definition) is 3. The van der Waals surface area contributed by atoms with E-state index in [0.717, 1.165) is 19.0 Å².